The second-order valence-corrected chi connectivity index (χ2v) is 3.42. The van der Waals surface area contributed by atoms with E-state index in [2.05, 4.69) is 5.32 Å². The first-order chi connectivity index (χ1) is 7.50. The third-order valence-corrected chi connectivity index (χ3v) is 2.10. The zero-order valence-corrected chi connectivity index (χ0v) is 8.78. The van der Waals surface area contributed by atoms with E-state index in [1.807, 2.05) is 0 Å². The number of alkyl halides is 2. The van der Waals surface area contributed by atoms with Crippen LogP contribution < -0.4 is 5.32 Å². The molecule has 0 saturated heterocycles. The van der Waals surface area contributed by atoms with E-state index >= 15 is 0 Å². The average Bonchev–Trinajstić information content (AvgIpc) is 2.26. The van der Waals surface area contributed by atoms with Crippen molar-refractivity contribution in [3.05, 3.63) is 29.8 Å². The number of aliphatic hydroxyl groups excluding tert-OH is 1. The predicted octanol–water partition coefficient (Wildman–Crippen LogP) is 1.93. The summed E-state index contributed by atoms with van der Waals surface area (Å²) in [6.45, 7) is 1.22. The lowest BCUT2D eigenvalue weighted by Crippen LogP contribution is -2.26. The number of anilines is 1. The summed E-state index contributed by atoms with van der Waals surface area (Å²) >= 11 is 0. The molecule has 3 nitrogen and oxygen atoms in total. The van der Waals surface area contributed by atoms with Gasteiger partial charge in [0.1, 0.15) is 6.10 Å². The molecule has 2 N–H and O–H groups in total. The zero-order valence-electron chi connectivity index (χ0n) is 8.78. The lowest BCUT2D eigenvalue weighted by atomic mass is 10.1. The Hall–Kier alpha value is -1.49. The number of hydrogen-bond acceptors (Lipinski definition) is 3. The molecule has 0 aromatic heterocycles. The Morgan fingerprint density at radius 1 is 1.38 bits per heavy atom. The van der Waals surface area contributed by atoms with Gasteiger partial charge in [0.2, 0.25) is 0 Å². The monoisotopic (exact) mass is 229 g/mol. The summed E-state index contributed by atoms with van der Waals surface area (Å²) in [5, 5.41) is 11.5. The van der Waals surface area contributed by atoms with Gasteiger partial charge in [-0.05, 0) is 31.2 Å². The number of ketones is 1. The summed E-state index contributed by atoms with van der Waals surface area (Å²) in [4.78, 5) is 11.0. The lowest BCUT2D eigenvalue weighted by Gasteiger charge is -2.11. The minimum atomic E-state index is -2.76. The Bertz CT molecular complexity index is 352. The number of rotatable bonds is 5. The van der Waals surface area contributed by atoms with Gasteiger partial charge in [0.15, 0.2) is 5.78 Å². The van der Waals surface area contributed by atoms with E-state index in [1.54, 1.807) is 24.3 Å². The Morgan fingerprint density at radius 3 is 2.38 bits per heavy atom. The van der Waals surface area contributed by atoms with E-state index in [1.165, 1.54) is 6.92 Å². The van der Waals surface area contributed by atoms with E-state index in [0.29, 0.717) is 11.3 Å². The topological polar surface area (TPSA) is 49.3 Å². The lowest BCUT2D eigenvalue weighted by molar-refractivity contribution is 0.00384. The molecule has 1 rings (SSSR count). The first-order valence-electron chi connectivity index (χ1n) is 4.82. The molecule has 88 valence electrons. The van der Waals surface area contributed by atoms with Gasteiger partial charge in [-0.15, -0.1) is 0 Å². The summed E-state index contributed by atoms with van der Waals surface area (Å²) in [6, 6.07) is 6.41. The normalized spacial score (nSPS) is 12.6. The fourth-order valence-corrected chi connectivity index (χ4v) is 1.13. The highest BCUT2D eigenvalue weighted by atomic mass is 19.3. The van der Waals surface area contributed by atoms with Crippen LogP contribution in [0.5, 0.6) is 0 Å². The summed E-state index contributed by atoms with van der Waals surface area (Å²) in [5.74, 6) is -0.0563. The predicted molar refractivity (Wildman–Crippen MR) is 56.9 cm³/mol. The van der Waals surface area contributed by atoms with Gasteiger partial charge in [0.25, 0.3) is 6.43 Å². The van der Waals surface area contributed by atoms with Gasteiger partial charge in [0.05, 0.1) is 0 Å². The van der Waals surface area contributed by atoms with E-state index in [9.17, 15) is 13.6 Å². The van der Waals surface area contributed by atoms with Crippen molar-refractivity contribution in [2.75, 3.05) is 11.9 Å². The molecule has 0 aliphatic heterocycles. The maximum atomic E-state index is 12.0. The van der Waals surface area contributed by atoms with E-state index in [-0.39, 0.29) is 12.3 Å². The molecule has 0 heterocycles. The molecule has 0 spiro atoms. The van der Waals surface area contributed by atoms with Gasteiger partial charge in [-0.2, -0.15) is 0 Å². The summed E-state index contributed by atoms with van der Waals surface area (Å²) in [7, 11) is 0. The van der Waals surface area contributed by atoms with Crippen LogP contribution in [0, 0.1) is 0 Å². The van der Waals surface area contributed by atoms with Crippen LogP contribution in [0.25, 0.3) is 0 Å². The SMILES string of the molecule is CC(=O)c1ccc(NCC(O)C(F)F)cc1. The van der Waals surface area contributed by atoms with Crippen LogP contribution in [0.2, 0.25) is 0 Å². The molecular weight excluding hydrogens is 216 g/mol. The van der Waals surface area contributed by atoms with Crippen molar-refractivity contribution in [2.45, 2.75) is 19.5 Å². The van der Waals surface area contributed by atoms with Crippen LogP contribution in [0.1, 0.15) is 17.3 Å². The minimum Gasteiger partial charge on any atom is -0.385 e. The molecule has 0 aliphatic rings. The van der Waals surface area contributed by atoms with Gasteiger partial charge in [-0.25, -0.2) is 8.78 Å². The zero-order chi connectivity index (χ0) is 12.1. The molecule has 0 radical (unpaired) electrons. The van der Waals surface area contributed by atoms with Crippen molar-refractivity contribution in [1.29, 1.82) is 0 Å². The van der Waals surface area contributed by atoms with Gasteiger partial charge in [0, 0.05) is 17.8 Å². The van der Waals surface area contributed by atoms with Crippen LogP contribution in [-0.4, -0.2) is 30.0 Å². The van der Waals surface area contributed by atoms with Crippen molar-refractivity contribution in [3.8, 4) is 0 Å². The number of aliphatic hydroxyl groups is 1. The quantitative estimate of drug-likeness (QED) is 0.758. The molecular formula is C11H13F2NO2. The number of hydrogen-bond donors (Lipinski definition) is 2. The molecule has 1 aromatic carbocycles. The standard InChI is InChI=1S/C11H13F2NO2/c1-7(15)8-2-4-9(5-3-8)14-6-10(16)11(12)13/h2-5,10-11,14,16H,6H2,1H3. The number of nitrogens with one attached hydrogen (secondary N) is 1. The molecule has 5 heteroatoms. The fourth-order valence-electron chi connectivity index (χ4n) is 1.13. The molecule has 0 saturated carbocycles. The van der Waals surface area contributed by atoms with Gasteiger partial charge in [-0.1, -0.05) is 0 Å². The maximum absolute atomic E-state index is 12.0. The molecule has 0 fully saturated rings. The first-order valence-corrected chi connectivity index (χ1v) is 4.82. The molecule has 1 unspecified atom stereocenters. The Balaban J connectivity index is 2.53. The van der Waals surface area contributed by atoms with Crippen LogP contribution in [0.15, 0.2) is 24.3 Å². The van der Waals surface area contributed by atoms with Gasteiger partial charge >= 0.3 is 0 Å². The van der Waals surface area contributed by atoms with E-state index < -0.39 is 12.5 Å². The van der Waals surface area contributed by atoms with Crippen molar-refractivity contribution in [1.82, 2.24) is 0 Å². The number of halogens is 2. The average molecular weight is 229 g/mol. The van der Waals surface area contributed by atoms with Crippen LogP contribution in [0.4, 0.5) is 14.5 Å². The Labute approximate surface area is 92.1 Å². The van der Waals surface area contributed by atoms with Gasteiger partial charge in [-0.3, -0.25) is 4.79 Å². The van der Waals surface area contributed by atoms with Crippen LogP contribution in [-0.2, 0) is 0 Å². The molecule has 0 amide bonds. The second kappa shape index (κ2) is 5.55. The molecule has 16 heavy (non-hydrogen) atoms. The molecule has 1 aromatic rings. The largest absolute Gasteiger partial charge is 0.385 e. The van der Waals surface area contributed by atoms with Crippen LogP contribution in [0.3, 0.4) is 0 Å². The van der Waals surface area contributed by atoms with E-state index in [0.717, 1.165) is 0 Å². The number of benzene rings is 1. The molecule has 0 aliphatic carbocycles. The fraction of sp³-hybridized carbons (Fsp3) is 0.364. The summed E-state index contributed by atoms with van der Waals surface area (Å²) in [6.07, 6.45) is -4.45. The highest BCUT2D eigenvalue weighted by molar-refractivity contribution is 5.94. The number of carbonyl (C=O) groups is 1. The molecule has 0 bridgehead atoms. The number of Topliss-reactive ketones (excluding diaryl/α,β-unsaturated/α-hetero) is 1. The van der Waals surface area contributed by atoms with Gasteiger partial charge < -0.3 is 10.4 Å². The maximum Gasteiger partial charge on any atom is 0.265 e. The van der Waals surface area contributed by atoms with Crippen molar-refractivity contribution in [3.63, 3.8) is 0 Å². The minimum absolute atomic E-state index is 0.0563. The summed E-state index contributed by atoms with van der Waals surface area (Å²) < 4.78 is 23.9. The second-order valence-electron chi connectivity index (χ2n) is 3.42. The van der Waals surface area contributed by atoms with Crippen molar-refractivity contribution in [2.24, 2.45) is 0 Å². The third-order valence-electron chi connectivity index (χ3n) is 2.10. The van der Waals surface area contributed by atoms with Crippen molar-refractivity contribution < 1.29 is 18.7 Å². The molecule has 1 atom stereocenters. The highest BCUT2D eigenvalue weighted by Gasteiger charge is 2.15. The van der Waals surface area contributed by atoms with Crippen molar-refractivity contribution >= 4 is 11.5 Å². The summed E-state index contributed by atoms with van der Waals surface area (Å²) in [5.41, 5.74) is 1.14. The number of carbonyl (C=O) groups excluding carboxylic acids is 1. The van der Waals surface area contributed by atoms with Crippen LogP contribution >= 0.6 is 0 Å². The highest BCUT2D eigenvalue weighted by Crippen LogP contribution is 2.10. The van der Waals surface area contributed by atoms with E-state index in [4.69, 9.17) is 5.11 Å². The first kappa shape index (κ1) is 12.6. The Kier molecular flexibility index (Phi) is 4.37. The smallest absolute Gasteiger partial charge is 0.265 e. The third kappa shape index (κ3) is 3.58. The Morgan fingerprint density at radius 2 is 1.94 bits per heavy atom.